The number of aromatic nitrogens is 1. The van der Waals surface area contributed by atoms with Crippen molar-refractivity contribution in [2.75, 3.05) is 6.54 Å². The minimum absolute atomic E-state index is 0.265. The molecule has 134 valence electrons. The first-order chi connectivity index (χ1) is 11.8. The second-order valence-corrected chi connectivity index (χ2v) is 7.23. The first-order valence-electron chi connectivity index (χ1n) is 8.43. The zero-order chi connectivity index (χ0) is 18.0. The molecule has 2 aromatic rings. The Labute approximate surface area is 147 Å². The Kier molecular flexibility index (Phi) is 4.70. The van der Waals surface area contributed by atoms with Crippen LogP contribution in [0.2, 0.25) is 0 Å². The third kappa shape index (κ3) is 4.32. The van der Waals surface area contributed by atoms with Gasteiger partial charge in [0.05, 0.1) is 5.69 Å². The van der Waals surface area contributed by atoms with Crippen LogP contribution in [0.15, 0.2) is 29.0 Å². The van der Waals surface area contributed by atoms with E-state index in [-0.39, 0.29) is 6.09 Å². The molecule has 0 atom stereocenters. The van der Waals surface area contributed by atoms with Gasteiger partial charge in [-0.25, -0.2) is 9.78 Å². The highest BCUT2D eigenvalue weighted by Gasteiger charge is 2.25. The Hall–Kier alpha value is -2.50. The summed E-state index contributed by atoms with van der Waals surface area (Å²) in [5, 5.41) is 0. The van der Waals surface area contributed by atoms with E-state index in [1.165, 1.54) is 12.0 Å². The van der Waals surface area contributed by atoms with Crippen molar-refractivity contribution in [2.24, 2.45) is 0 Å². The summed E-state index contributed by atoms with van der Waals surface area (Å²) in [4.78, 5) is 18.0. The van der Waals surface area contributed by atoms with Gasteiger partial charge in [0.25, 0.3) is 0 Å². The average Bonchev–Trinajstić information content (AvgIpc) is 2.95. The molecule has 1 aliphatic heterocycles. The highest BCUT2D eigenvalue weighted by molar-refractivity contribution is 5.68. The molecule has 1 amide bonds. The zero-order valence-electron chi connectivity index (χ0n) is 15.2. The maximum Gasteiger partial charge on any atom is 0.410 e. The minimum atomic E-state index is -0.478. The fourth-order valence-electron chi connectivity index (χ4n) is 2.72. The molecule has 0 saturated heterocycles. The first-order valence-corrected chi connectivity index (χ1v) is 8.43. The molecule has 0 aliphatic carbocycles. The molecule has 6 nitrogen and oxygen atoms in total. The van der Waals surface area contributed by atoms with Crippen molar-refractivity contribution in [2.45, 2.75) is 52.9 Å². The summed E-state index contributed by atoms with van der Waals surface area (Å²) >= 11 is 0. The molecular weight excluding hydrogens is 320 g/mol. The van der Waals surface area contributed by atoms with Crippen LogP contribution in [0.4, 0.5) is 4.79 Å². The molecule has 0 fully saturated rings. The molecule has 0 saturated carbocycles. The van der Waals surface area contributed by atoms with Gasteiger partial charge in [-0.2, -0.15) is 0 Å². The number of benzene rings is 1. The van der Waals surface area contributed by atoms with Crippen molar-refractivity contribution < 1.29 is 18.7 Å². The Morgan fingerprint density at radius 1 is 1.32 bits per heavy atom. The number of amides is 1. The van der Waals surface area contributed by atoms with Crippen LogP contribution >= 0.6 is 0 Å². The second-order valence-electron chi connectivity index (χ2n) is 7.23. The summed E-state index contributed by atoms with van der Waals surface area (Å²) in [5.41, 5.74) is 2.69. The normalized spacial score (nSPS) is 14.2. The van der Waals surface area contributed by atoms with Gasteiger partial charge in [0.2, 0.25) is 0 Å². The van der Waals surface area contributed by atoms with Crippen LogP contribution in [0, 0.1) is 6.92 Å². The minimum Gasteiger partial charge on any atom is -0.486 e. The highest BCUT2D eigenvalue weighted by Crippen LogP contribution is 2.25. The molecule has 0 unspecified atom stereocenters. The third-order valence-corrected chi connectivity index (χ3v) is 4.06. The molecule has 0 bridgehead atoms. The number of carbonyl (C=O) groups is 1. The van der Waals surface area contributed by atoms with Gasteiger partial charge in [-0.15, -0.1) is 0 Å². The molecule has 2 heterocycles. The first kappa shape index (κ1) is 17.3. The zero-order valence-corrected chi connectivity index (χ0v) is 15.2. The fraction of sp³-hybridized carbons (Fsp3) is 0.474. The SMILES string of the molecule is Cc1ncoc1COc1ccc2c(c1)CCN(C(=O)OC(C)(C)C)C2. The standard InChI is InChI=1S/C19H24N2O4/c1-13-17(24-12-20-13)11-23-16-6-5-15-10-21(8-7-14(15)9-16)18(22)25-19(2,3)4/h5-6,9,12H,7-8,10-11H2,1-4H3. The molecular formula is C19H24N2O4. The lowest BCUT2D eigenvalue weighted by Crippen LogP contribution is -2.39. The fourth-order valence-corrected chi connectivity index (χ4v) is 2.72. The summed E-state index contributed by atoms with van der Waals surface area (Å²) < 4.78 is 16.5. The molecule has 1 aliphatic rings. The lowest BCUT2D eigenvalue weighted by atomic mass is 10.00. The van der Waals surface area contributed by atoms with Crippen LogP contribution < -0.4 is 4.74 Å². The van der Waals surface area contributed by atoms with Gasteiger partial charge in [0.1, 0.15) is 18.0 Å². The Morgan fingerprint density at radius 3 is 2.80 bits per heavy atom. The van der Waals surface area contributed by atoms with Crippen LogP contribution in [-0.4, -0.2) is 28.1 Å². The van der Waals surface area contributed by atoms with E-state index >= 15 is 0 Å². The predicted octanol–water partition coefficient (Wildman–Crippen LogP) is 3.86. The van der Waals surface area contributed by atoms with Gasteiger partial charge >= 0.3 is 6.09 Å². The molecule has 6 heteroatoms. The van der Waals surface area contributed by atoms with Crippen molar-refractivity contribution in [3.63, 3.8) is 0 Å². The van der Waals surface area contributed by atoms with E-state index in [0.29, 0.717) is 19.7 Å². The molecule has 25 heavy (non-hydrogen) atoms. The molecule has 0 spiro atoms. The number of aryl methyl sites for hydroxylation is 1. The van der Waals surface area contributed by atoms with E-state index in [2.05, 4.69) is 4.98 Å². The summed E-state index contributed by atoms with van der Waals surface area (Å²) in [6.45, 7) is 9.08. The van der Waals surface area contributed by atoms with Crippen molar-refractivity contribution in [1.29, 1.82) is 0 Å². The number of hydrogen-bond donors (Lipinski definition) is 0. The van der Waals surface area contributed by atoms with Gasteiger partial charge in [-0.3, -0.25) is 0 Å². The molecule has 0 N–H and O–H groups in total. The Morgan fingerprint density at radius 2 is 2.12 bits per heavy atom. The van der Waals surface area contributed by atoms with Gasteiger partial charge < -0.3 is 18.8 Å². The van der Waals surface area contributed by atoms with Gasteiger partial charge in [-0.1, -0.05) is 6.07 Å². The van der Waals surface area contributed by atoms with Crippen LogP contribution in [0.1, 0.15) is 43.4 Å². The number of hydrogen-bond acceptors (Lipinski definition) is 5. The van der Waals surface area contributed by atoms with E-state index < -0.39 is 5.60 Å². The summed E-state index contributed by atoms with van der Waals surface area (Å²) in [6, 6.07) is 5.96. The van der Waals surface area contributed by atoms with Crippen molar-refractivity contribution in [1.82, 2.24) is 9.88 Å². The average molecular weight is 344 g/mol. The van der Waals surface area contributed by atoms with Crippen molar-refractivity contribution in [3.8, 4) is 5.75 Å². The smallest absolute Gasteiger partial charge is 0.410 e. The number of ether oxygens (including phenoxy) is 2. The summed E-state index contributed by atoms with van der Waals surface area (Å²) in [5.74, 6) is 1.52. The maximum absolute atomic E-state index is 12.2. The van der Waals surface area contributed by atoms with E-state index in [1.54, 1.807) is 4.90 Å². The number of nitrogens with zero attached hydrogens (tertiary/aromatic N) is 2. The van der Waals surface area contributed by atoms with Gasteiger partial charge in [0.15, 0.2) is 12.2 Å². The monoisotopic (exact) mass is 344 g/mol. The van der Waals surface area contributed by atoms with Crippen molar-refractivity contribution >= 4 is 6.09 Å². The Balaban J connectivity index is 1.63. The van der Waals surface area contributed by atoms with E-state index in [4.69, 9.17) is 13.9 Å². The van der Waals surface area contributed by atoms with E-state index in [1.807, 2.05) is 45.9 Å². The molecule has 3 rings (SSSR count). The topological polar surface area (TPSA) is 64.8 Å². The second kappa shape index (κ2) is 6.78. The molecule has 1 aromatic heterocycles. The molecule has 0 radical (unpaired) electrons. The van der Waals surface area contributed by atoms with E-state index in [0.717, 1.165) is 29.2 Å². The summed E-state index contributed by atoms with van der Waals surface area (Å²) in [6.07, 6.45) is 1.94. The quantitative estimate of drug-likeness (QED) is 0.846. The number of rotatable bonds is 3. The van der Waals surface area contributed by atoms with Gasteiger partial charge in [-0.05, 0) is 57.4 Å². The lowest BCUT2D eigenvalue weighted by Gasteiger charge is -2.31. The molecule has 1 aromatic carbocycles. The largest absolute Gasteiger partial charge is 0.486 e. The Bertz CT molecular complexity index is 761. The van der Waals surface area contributed by atoms with E-state index in [9.17, 15) is 4.79 Å². The predicted molar refractivity (Wildman–Crippen MR) is 92.4 cm³/mol. The summed E-state index contributed by atoms with van der Waals surface area (Å²) in [7, 11) is 0. The number of fused-ring (bicyclic) bond motifs is 1. The number of carbonyl (C=O) groups excluding carboxylic acids is 1. The highest BCUT2D eigenvalue weighted by atomic mass is 16.6. The van der Waals surface area contributed by atoms with Crippen LogP contribution in [0.3, 0.4) is 0 Å². The van der Waals surface area contributed by atoms with Crippen molar-refractivity contribution in [3.05, 3.63) is 47.2 Å². The van der Waals surface area contributed by atoms with Gasteiger partial charge in [0, 0.05) is 13.1 Å². The van der Waals surface area contributed by atoms with Crippen LogP contribution in [-0.2, 0) is 24.3 Å². The number of oxazole rings is 1. The lowest BCUT2D eigenvalue weighted by molar-refractivity contribution is 0.0224. The van der Waals surface area contributed by atoms with Crippen LogP contribution in [0.25, 0.3) is 0 Å². The third-order valence-electron chi connectivity index (χ3n) is 4.06. The van der Waals surface area contributed by atoms with Crippen LogP contribution in [0.5, 0.6) is 5.75 Å². The maximum atomic E-state index is 12.2.